The smallest absolute Gasteiger partial charge is 0.102 e. The molecule has 28 heavy (non-hydrogen) atoms. The molecule has 0 spiro atoms. The molecule has 1 unspecified atom stereocenters. The van der Waals surface area contributed by atoms with Gasteiger partial charge in [0.05, 0.1) is 30.2 Å². The summed E-state index contributed by atoms with van der Waals surface area (Å²) in [6.07, 6.45) is 8.23. The molecule has 4 nitrogen and oxygen atoms in total. The SMILES string of the molecule is CCCCN1C(c2cccc(NSCC)c2)=C(C#N)C2=CC=C(OC)CCC21. The summed E-state index contributed by atoms with van der Waals surface area (Å²) in [4.78, 5) is 2.45. The van der Waals surface area contributed by atoms with E-state index in [2.05, 4.69) is 59.9 Å². The first-order chi connectivity index (χ1) is 13.7. The Labute approximate surface area is 173 Å². The van der Waals surface area contributed by atoms with Gasteiger partial charge in [-0.3, -0.25) is 0 Å². The van der Waals surface area contributed by atoms with E-state index in [4.69, 9.17) is 4.74 Å². The van der Waals surface area contributed by atoms with Crippen molar-refractivity contribution in [1.29, 1.82) is 5.26 Å². The number of nitrogens with zero attached hydrogens (tertiary/aromatic N) is 2. The highest BCUT2D eigenvalue weighted by atomic mass is 32.2. The molecule has 1 N–H and O–H groups in total. The van der Waals surface area contributed by atoms with E-state index < -0.39 is 0 Å². The van der Waals surface area contributed by atoms with Crippen LogP contribution < -0.4 is 4.72 Å². The molecule has 1 aromatic rings. The summed E-state index contributed by atoms with van der Waals surface area (Å²) in [5.74, 6) is 1.99. The standard InChI is InChI=1S/C23H29N3OS/c1-4-6-14-26-22-13-11-19(27-3)10-12-20(22)21(16-24)23(26)17-8-7-9-18(15-17)25-28-5-2/h7-10,12,15,22,25H,4-6,11,13-14H2,1-3H3. The lowest BCUT2D eigenvalue weighted by molar-refractivity contribution is 0.260. The number of nitrogens with one attached hydrogen (secondary N) is 1. The third-order valence-corrected chi connectivity index (χ3v) is 5.93. The van der Waals surface area contributed by atoms with Gasteiger partial charge in [0.1, 0.15) is 6.07 Å². The zero-order valence-corrected chi connectivity index (χ0v) is 17.8. The van der Waals surface area contributed by atoms with Crippen LogP contribution in [-0.4, -0.2) is 30.3 Å². The van der Waals surface area contributed by atoms with Crippen molar-refractivity contribution in [1.82, 2.24) is 4.90 Å². The molecule has 0 fully saturated rings. The molecule has 0 radical (unpaired) electrons. The first-order valence-electron chi connectivity index (χ1n) is 10.1. The summed E-state index contributed by atoms with van der Waals surface area (Å²) >= 11 is 1.68. The predicted molar refractivity (Wildman–Crippen MR) is 119 cm³/mol. The van der Waals surface area contributed by atoms with Crippen LogP contribution in [0.4, 0.5) is 5.69 Å². The van der Waals surface area contributed by atoms with Crippen molar-refractivity contribution < 1.29 is 4.74 Å². The molecule has 0 saturated heterocycles. The summed E-state index contributed by atoms with van der Waals surface area (Å²) in [6, 6.07) is 11.2. The maximum absolute atomic E-state index is 10.1. The molecule has 5 heteroatoms. The van der Waals surface area contributed by atoms with Crippen LogP contribution in [0.2, 0.25) is 0 Å². The number of nitriles is 1. The zero-order valence-electron chi connectivity index (χ0n) is 17.0. The molecule has 1 aliphatic carbocycles. The Kier molecular flexibility index (Phi) is 7.11. The number of ether oxygens (including phenoxy) is 1. The number of methoxy groups -OCH3 is 1. The summed E-state index contributed by atoms with van der Waals surface area (Å²) in [6.45, 7) is 5.30. The number of hydrogen-bond donors (Lipinski definition) is 1. The predicted octanol–water partition coefficient (Wildman–Crippen LogP) is 5.74. The second-order valence-corrected chi connectivity index (χ2v) is 8.08. The fourth-order valence-electron chi connectivity index (χ4n) is 3.90. The van der Waals surface area contributed by atoms with Gasteiger partial charge in [-0.25, -0.2) is 0 Å². The van der Waals surface area contributed by atoms with Crippen LogP contribution in [0.3, 0.4) is 0 Å². The van der Waals surface area contributed by atoms with Crippen molar-refractivity contribution in [3.8, 4) is 6.07 Å². The second kappa shape index (κ2) is 9.75. The quantitative estimate of drug-likeness (QED) is 0.569. The van der Waals surface area contributed by atoms with Gasteiger partial charge in [-0.2, -0.15) is 5.26 Å². The van der Waals surface area contributed by atoms with Crippen LogP contribution in [0, 0.1) is 11.3 Å². The van der Waals surface area contributed by atoms with Gasteiger partial charge in [-0.15, -0.1) is 0 Å². The number of anilines is 1. The Bertz CT molecular complexity index is 834. The number of fused-ring (bicyclic) bond motifs is 1. The van der Waals surface area contributed by atoms with Crippen molar-refractivity contribution in [3.05, 3.63) is 58.9 Å². The van der Waals surface area contributed by atoms with Crippen LogP contribution >= 0.6 is 11.9 Å². The zero-order chi connectivity index (χ0) is 19.9. The molecule has 0 saturated carbocycles. The van der Waals surface area contributed by atoms with Crippen molar-refractivity contribution in [2.24, 2.45) is 0 Å². The molecule has 1 aliphatic heterocycles. The Morgan fingerprint density at radius 3 is 2.89 bits per heavy atom. The van der Waals surface area contributed by atoms with E-state index in [1.807, 2.05) is 6.08 Å². The summed E-state index contributed by atoms with van der Waals surface area (Å²) < 4.78 is 8.86. The Hall–Kier alpha value is -2.32. The second-order valence-electron chi connectivity index (χ2n) is 7.01. The van der Waals surface area contributed by atoms with E-state index in [1.54, 1.807) is 19.1 Å². The van der Waals surface area contributed by atoms with E-state index in [0.29, 0.717) is 0 Å². The average Bonchev–Trinajstić information content (AvgIpc) is 2.87. The van der Waals surface area contributed by atoms with Crippen molar-refractivity contribution in [3.63, 3.8) is 0 Å². The van der Waals surface area contributed by atoms with E-state index in [-0.39, 0.29) is 6.04 Å². The lowest BCUT2D eigenvalue weighted by Crippen LogP contribution is -2.31. The van der Waals surface area contributed by atoms with Crippen LogP contribution in [0.15, 0.2) is 53.3 Å². The molecule has 0 aromatic heterocycles. The van der Waals surface area contributed by atoms with Crippen LogP contribution in [0.5, 0.6) is 0 Å². The highest BCUT2D eigenvalue weighted by Gasteiger charge is 2.37. The highest BCUT2D eigenvalue weighted by molar-refractivity contribution is 8.00. The fourth-order valence-corrected chi connectivity index (χ4v) is 4.34. The Morgan fingerprint density at radius 2 is 2.18 bits per heavy atom. The molecule has 1 heterocycles. The minimum Gasteiger partial charge on any atom is -0.501 e. The van der Waals surface area contributed by atoms with E-state index >= 15 is 0 Å². The van der Waals surface area contributed by atoms with Gasteiger partial charge in [0.15, 0.2) is 0 Å². The number of rotatable bonds is 8. The van der Waals surface area contributed by atoms with E-state index in [9.17, 15) is 5.26 Å². The van der Waals surface area contributed by atoms with Gasteiger partial charge in [-0.1, -0.05) is 50.4 Å². The topological polar surface area (TPSA) is 48.3 Å². The molecular formula is C23H29N3OS. The number of hydrogen-bond acceptors (Lipinski definition) is 5. The van der Waals surface area contributed by atoms with Gasteiger partial charge in [-0.05, 0) is 36.6 Å². The largest absolute Gasteiger partial charge is 0.501 e. The van der Waals surface area contributed by atoms with E-state index in [0.717, 1.165) is 71.8 Å². The number of unbranched alkanes of at least 4 members (excludes halogenated alkanes) is 1. The molecule has 1 aromatic carbocycles. The van der Waals surface area contributed by atoms with Crippen molar-refractivity contribution in [2.75, 3.05) is 24.1 Å². The van der Waals surface area contributed by atoms with Gasteiger partial charge in [0.2, 0.25) is 0 Å². The summed E-state index contributed by atoms with van der Waals surface area (Å²) in [5.41, 5.74) is 5.19. The monoisotopic (exact) mass is 395 g/mol. The highest BCUT2D eigenvalue weighted by Crippen LogP contribution is 2.43. The molecule has 2 aliphatic rings. The Morgan fingerprint density at radius 1 is 1.32 bits per heavy atom. The van der Waals surface area contributed by atoms with Crippen molar-refractivity contribution in [2.45, 2.75) is 45.6 Å². The van der Waals surface area contributed by atoms with Crippen LogP contribution in [0.1, 0.15) is 45.1 Å². The third-order valence-electron chi connectivity index (χ3n) is 5.26. The molecule has 0 bridgehead atoms. The summed E-state index contributed by atoms with van der Waals surface area (Å²) in [7, 11) is 1.72. The lowest BCUT2D eigenvalue weighted by atomic mass is 9.99. The average molecular weight is 396 g/mol. The van der Waals surface area contributed by atoms with Gasteiger partial charge < -0.3 is 14.4 Å². The van der Waals surface area contributed by atoms with E-state index in [1.165, 1.54) is 0 Å². The molecular weight excluding hydrogens is 366 g/mol. The first kappa shape index (κ1) is 20.4. The fraction of sp³-hybridized carbons (Fsp3) is 0.435. The third kappa shape index (κ3) is 4.23. The van der Waals surface area contributed by atoms with Crippen LogP contribution in [0.25, 0.3) is 5.70 Å². The molecule has 1 atom stereocenters. The van der Waals surface area contributed by atoms with Gasteiger partial charge >= 0.3 is 0 Å². The van der Waals surface area contributed by atoms with Crippen LogP contribution in [-0.2, 0) is 4.74 Å². The normalized spacial score (nSPS) is 18.8. The van der Waals surface area contributed by atoms with Crippen molar-refractivity contribution >= 4 is 23.3 Å². The molecule has 148 valence electrons. The minimum atomic E-state index is 0.238. The first-order valence-corrected chi connectivity index (χ1v) is 11.1. The molecule has 3 rings (SSSR count). The summed E-state index contributed by atoms with van der Waals surface area (Å²) in [5, 5.41) is 10.1. The number of allylic oxidation sites excluding steroid dienone is 3. The molecule has 0 amide bonds. The van der Waals surface area contributed by atoms with Gasteiger partial charge in [0, 0.05) is 30.0 Å². The Balaban J connectivity index is 2.06. The lowest BCUT2D eigenvalue weighted by Gasteiger charge is -2.30. The van der Waals surface area contributed by atoms with Gasteiger partial charge in [0.25, 0.3) is 0 Å². The maximum Gasteiger partial charge on any atom is 0.102 e. The maximum atomic E-state index is 10.1. The number of benzene rings is 1. The minimum absolute atomic E-state index is 0.238.